The number of anilines is 2. The molecule has 0 radical (unpaired) electrons. The number of nitrogens with zero attached hydrogens (tertiary/aromatic N) is 4. The van der Waals surface area contributed by atoms with Gasteiger partial charge in [0, 0.05) is 36.6 Å². The van der Waals surface area contributed by atoms with E-state index in [4.69, 9.17) is 5.73 Å². The topological polar surface area (TPSA) is 113 Å². The molecule has 3 heterocycles. The molecule has 1 fully saturated rings. The second-order valence-electron chi connectivity index (χ2n) is 8.04. The van der Waals surface area contributed by atoms with Crippen molar-refractivity contribution >= 4 is 17.5 Å². The van der Waals surface area contributed by atoms with Gasteiger partial charge in [-0.05, 0) is 52.9 Å². The summed E-state index contributed by atoms with van der Waals surface area (Å²) >= 11 is 0. The first-order valence-electron chi connectivity index (χ1n) is 9.42. The number of rotatable bonds is 5. The number of carbonyl (C=O) groups excluding carboxylic acids is 1. The Morgan fingerprint density at radius 1 is 1.33 bits per heavy atom. The molecule has 0 saturated carbocycles. The van der Waals surface area contributed by atoms with Crippen LogP contribution >= 0.6 is 0 Å². The highest BCUT2D eigenvalue weighted by atomic mass is 16.2. The van der Waals surface area contributed by atoms with Crippen molar-refractivity contribution in [1.29, 1.82) is 0 Å². The first-order chi connectivity index (χ1) is 12.7. The number of likely N-dealkylation sites (tertiary alicyclic amines) is 1. The Kier molecular flexibility index (Phi) is 5.46. The molecule has 1 aliphatic rings. The molecular weight excluding hydrogens is 342 g/mol. The van der Waals surface area contributed by atoms with Gasteiger partial charge in [0.25, 0.3) is 0 Å². The van der Waals surface area contributed by atoms with Gasteiger partial charge in [-0.2, -0.15) is 5.10 Å². The van der Waals surface area contributed by atoms with Crippen molar-refractivity contribution < 1.29 is 4.79 Å². The second kappa shape index (κ2) is 7.64. The third-order valence-corrected chi connectivity index (χ3v) is 4.71. The van der Waals surface area contributed by atoms with Crippen LogP contribution < -0.4 is 11.1 Å². The molecule has 3 rings (SSSR count). The molecule has 146 valence electrons. The fourth-order valence-corrected chi connectivity index (χ4v) is 3.53. The Hall–Kier alpha value is -2.48. The number of aryl methyl sites for hydroxylation is 2. The van der Waals surface area contributed by atoms with E-state index in [-0.39, 0.29) is 5.91 Å². The number of hydrogen-bond acceptors (Lipinski definition) is 6. The number of aromatic nitrogens is 4. The zero-order chi connectivity index (χ0) is 19.6. The fraction of sp³-hybridized carbons (Fsp3) is 0.579. The molecule has 27 heavy (non-hydrogen) atoms. The number of piperidine rings is 1. The van der Waals surface area contributed by atoms with Gasteiger partial charge in [0.15, 0.2) is 5.82 Å². The SMILES string of the molecule is Cc1nc(C[C@H]2CCCN(C(=O)C(C)(C)N)C2)cc(Nc2cc(C)[nH]n2)n1. The quantitative estimate of drug-likeness (QED) is 0.742. The van der Waals surface area contributed by atoms with Gasteiger partial charge in [0.05, 0.1) is 5.54 Å². The van der Waals surface area contributed by atoms with Crippen molar-refractivity contribution in [2.24, 2.45) is 11.7 Å². The van der Waals surface area contributed by atoms with Crippen LogP contribution in [0.25, 0.3) is 0 Å². The highest BCUT2D eigenvalue weighted by Crippen LogP contribution is 2.23. The molecule has 0 aromatic carbocycles. The minimum Gasteiger partial charge on any atom is -0.341 e. The Bertz CT molecular complexity index is 809. The summed E-state index contributed by atoms with van der Waals surface area (Å²) in [6.07, 6.45) is 2.89. The Labute approximate surface area is 160 Å². The van der Waals surface area contributed by atoms with E-state index in [0.29, 0.717) is 11.7 Å². The predicted molar refractivity (Wildman–Crippen MR) is 105 cm³/mol. The van der Waals surface area contributed by atoms with Crippen molar-refractivity contribution in [2.45, 2.75) is 52.5 Å². The molecule has 2 aromatic heterocycles. The highest BCUT2D eigenvalue weighted by Gasteiger charge is 2.31. The minimum atomic E-state index is -0.827. The molecular formula is C19H29N7O. The summed E-state index contributed by atoms with van der Waals surface area (Å²) in [6, 6.07) is 3.89. The minimum absolute atomic E-state index is 0.0160. The molecule has 1 atom stereocenters. The van der Waals surface area contributed by atoms with Crippen LogP contribution in [-0.4, -0.2) is 49.6 Å². The fourth-order valence-electron chi connectivity index (χ4n) is 3.53. The maximum absolute atomic E-state index is 12.5. The lowest BCUT2D eigenvalue weighted by atomic mass is 9.91. The summed E-state index contributed by atoms with van der Waals surface area (Å²) in [4.78, 5) is 23.4. The first-order valence-corrected chi connectivity index (χ1v) is 9.42. The van der Waals surface area contributed by atoms with E-state index in [1.807, 2.05) is 30.9 Å². The Morgan fingerprint density at radius 3 is 2.78 bits per heavy atom. The third-order valence-electron chi connectivity index (χ3n) is 4.71. The predicted octanol–water partition coefficient (Wildman–Crippen LogP) is 2.08. The number of H-pyrrole nitrogens is 1. The standard InChI is InChI=1S/C19H29N7O/c1-12-8-17(25-24-12)23-16-10-15(21-13(2)22-16)9-14-6-5-7-26(11-14)18(27)19(3,4)20/h8,10,14H,5-7,9,11,20H2,1-4H3,(H2,21,22,23,24,25)/t14-/m1/s1. The van der Waals surface area contributed by atoms with Gasteiger partial charge in [-0.25, -0.2) is 9.97 Å². The second-order valence-corrected chi connectivity index (χ2v) is 8.04. The summed E-state index contributed by atoms with van der Waals surface area (Å²) in [5, 5.41) is 10.3. The third kappa shape index (κ3) is 5.03. The molecule has 1 saturated heterocycles. The van der Waals surface area contributed by atoms with Gasteiger partial charge < -0.3 is 16.0 Å². The molecule has 8 heteroatoms. The van der Waals surface area contributed by atoms with Crippen LogP contribution in [0.15, 0.2) is 12.1 Å². The lowest BCUT2D eigenvalue weighted by Gasteiger charge is -2.36. The average Bonchev–Trinajstić information content (AvgIpc) is 2.98. The van der Waals surface area contributed by atoms with Gasteiger partial charge in [-0.3, -0.25) is 9.89 Å². The van der Waals surface area contributed by atoms with Crippen LogP contribution in [0.3, 0.4) is 0 Å². The van der Waals surface area contributed by atoms with Gasteiger partial charge >= 0.3 is 0 Å². The Balaban J connectivity index is 1.68. The van der Waals surface area contributed by atoms with E-state index in [1.165, 1.54) is 0 Å². The van der Waals surface area contributed by atoms with Crippen molar-refractivity contribution in [3.63, 3.8) is 0 Å². The molecule has 0 aliphatic carbocycles. The van der Waals surface area contributed by atoms with Gasteiger partial charge in [-0.1, -0.05) is 0 Å². The monoisotopic (exact) mass is 371 g/mol. The number of nitrogens with one attached hydrogen (secondary N) is 2. The number of nitrogens with two attached hydrogens (primary N) is 1. The maximum Gasteiger partial charge on any atom is 0.242 e. The molecule has 0 unspecified atom stereocenters. The van der Waals surface area contributed by atoms with E-state index in [0.717, 1.165) is 55.4 Å². The van der Waals surface area contributed by atoms with Crippen LogP contribution in [0.2, 0.25) is 0 Å². The molecule has 0 bridgehead atoms. The van der Waals surface area contributed by atoms with Crippen LogP contribution in [0.4, 0.5) is 11.6 Å². The summed E-state index contributed by atoms with van der Waals surface area (Å²) in [7, 11) is 0. The zero-order valence-electron chi connectivity index (χ0n) is 16.5. The van der Waals surface area contributed by atoms with Gasteiger partial charge in [0.1, 0.15) is 11.6 Å². The van der Waals surface area contributed by atoms with Crippen LogP contribution in [-0.2, 0) is 11.2 Å². The van der Waals surface area contributed by atoms with Crippen LogP contribution in [0.1, 0.15) is 43.9 Å². The van der Waals surface area contributed by atoms with Gasteiger partial charge in [-0.15, -0.1) is 0 Å². The molecule has 1 amide bonds. The number of aromatic amines is 1. The van der Waals surface area contributed by atoms with E-state index >= 15 is 0 Å². The molecule has 1 aliphatic heterocycles. The van der Waals surface area contributed by atoms with E-state index < -0.39 is 5.54 Å². The molecule has 0 spiro atoms. The maximum atomic E-state index is 12.5. The number of amides is 1. The normalized spacial score (nSPS) is 17.8. The van der Waals surface area contributed by atoms with E-state index in [2.05, 4.69) is 25.5 Å². The number of hydrogen-bond donors (Lipinski definition) is 3. The lowest BCUT2D eigenvalue weighted by molar-refractivity contribution is -0.137. The average molecular weight is 371 g/mol. The van der Waals surface area contributed by atoms with Crippen LogP contribution in [0.5, 0.6) is 0 Å². The molecule has 4 N–H and O–H groups in total. The Morgan fingerprint density at radius 2 is 2.11 bits per heavy atom. The molecule has 8 nitrogen and oxygen atoms in total. The molecule has 2 aromatic rings. The van der Waals surface area contributed by atoms with E-state index in [1.54, 1.807) is 13.8 Å². The lowest BCUT2D eigenvalue weighted by Crippen LogP contribution is -2.53. The summed E-state index contributed by atoms with van der Waals surface area (Å²) in [5.74, 6) is 2.57. The number of carbonyl (C=O) groups is 1. The van der Waals surface area contributed by atoms with Crippen molar-refractivity contribution in [1.82, 2.24) is 25.1 Å². The summed E-state index contributed by atoms with van der Waals surface area (Å²) in [6.45, 7) is 8.88. The van der Waals surface area contributed by atoms with Crippen molar-refractivity contribution in [2.75, 3.05) is 18.4 Å². The van der Waals surface area contributed by atoms with Crippen LogP contribution in [0, 0.1) is 19.8 Å². The highest BCUT2D eigenvalue weighted by molar-refractivity contribution is 5.85. The first kappa shape index (κ1) is 19.3. The zero-order valence-corrected chi connectivity index (χ0v) is 16.5. The summed E-state index contributed by atoms with van der Waals surface area (Å²) < 4.78 is 0. The van der Waals surface area contributed by atoms with Crippen molar-refractivity contribution in [3.05, 3.63) is 29.3 Å². The van der Waals surface area contributed by atoms with E-state index in [9.17, 15) is 4.79 Å². The summed E-state index contributed by atoms with van der Waals surface area (Å²) in [5.41, 5.74) is 7.13. The van der Waals surface area contributed by atoms with Gasteiger partial charge in [0.2, 0.25) is 5.91 Å². The van der Waals surface area contributed by atoms with Crippen molar-refractivity contribution in [3.8, 4) is 0 Å². The largest absolute Gasteiger partial charge is 0.341 e. The smallest absolute Gasteiger partial charge is 0.242 e.